The Labute approximate surface area is 252 Å². The molecule has 2 bridgehead atoms. The molecule has 0 saturated carbocycles. The fraction of sp³-hybridized carbons (Fsp3) is 0.303. The zero-order valence-electron chi connectivity index (χ0n) is 24.1. The Kier molecular flexibility index (Phi) is 8.19. The number of likely N-dealkylation sites (tertiary alicyclic amines) is 1. The first-order valence-corrected chi connectivity index (χ1v) is 14.4. The summed E-state index contributed by atoms with van der Waals surface area (Å²) in [4.78, 5) is 43.3. The third-order valence-electron chi connectivity index (χ3n) is 8.16. The second kappa shape index (κ2) is 12.4. The Morgan fingerprint density at radius 3 is 2.57 bits per heavy atom. The van der Waals surface area contributed by atoms with Crippen LogP contribution in [-0.4, -0.2) is 74.0 Å². The minimum atomic E-state index is -0.826. The van der Waals surface area contributed by atoms with Crippen molar-refractivity contribution in [3.05, 3.63) is 95.3 Å². The third-order valence-corrected chi connectivity index (χ3v) is 8.16. The summed E-state index contributed by atoms with van der Waals surface area (Å²) in [5, 5.41) is 3.77. The largest absolute Gasteiger partial charge is 0.493 e. The number of benzene rings is 3. The quantitative estimate of drug-likeness (QED) is 0.367. The van der Waals surface area contributed by atoms with Crippen LogP contribution in [-0.2, 0) is 4.79 Å². The summed E-state index contributed by atoms with van der Waals surface area (Å²) in [6, 6.07) is 17.2. The van der Waals surface area contributed by atoms with E-state index in [1.54, 1.807) is 29.2 Å². The molecule has 3 aromatic carbocycles. The maximum atomic E-state index is 14.4. The topological polar surface area (TPSA) is 101 Å². The Morgan fingerprint density at radius 1 is 0.932 bits per heavy atom. The lowest BCUT2D eigenvalue weighted by molar-refractivity contribution is -0.124. The molecule has 6 rings (SSSR count). The average molecular weight is 604 g/mol. The molecule has 1 saturated heterocycles. The number of hydrogen-bond donors (Lipinski definition) is 1. The van der Waals surface area contributed by atoms with Gasteiger partial charge in [0, 0.05) is 37.5 Å². The van der Waals surface area contributed by atoms with E-state index in [0.717, 1.165) is 29.1 Å². The van der Waals surface area contributed by atoms with Crippen molar-refractivity contribution in [2.75, 3.05) is 46.4 Å². The molecule has 1 fully saturated rings. The smallest absolute Gasteiger partial charge is 0.289 e. The number of halogens is 2. The van der Waals surface area contributed by atoms with Crippen molar-refractivity contribution in [2.45, 2.75) is 12.3 Å². The molecule has 1 N–H and O–H groups in total. The van der Waals surface area contributed by atoms with E-state index in [9.17, 15) is 23.2 Å². The molecule has 1 aromatic heterocycles. The van der Waals surface area contributed by atoms with Crippen LogP contribution < -0.4 is 14.8 Å². The standard InChI is InChI=1S/C33H31F2N3O6/c1-42-28-10-7-20-15-29(28)43-14-13-37(32(40)23-17-22(34)8-9-26(23)35)12-4-11-36-31(39)25-19-38(18-24(20)25)33(41)30-16-21-5-2-3-6-27(21)44-30/h2-3,5-10,15-17,24-25H,4,11-14,18-19H2,1H3,(H,36,39)/t24-,25+/m1/s1. The molecule has 0 spiro atoms. The molecular formula is C33H31F2N3O6. The molecule has 11 heteroatoms. The van der Waals surface area contributed by atoms with E-state index in [-0.39, 0.29) is 61.8 Å². The fourth-order valence-corrected chi connectivity index (χ4v) is 5.88. The Balaban J connectivity index is 1.26. The van der Waals surface area contributed by atoms with Gasteiger partial charge in [-0.3, -0.25) is 14.4 Å². The number of furan rings is 1. The van der Waals surface area contributed by atoms with Gasteiger partial charge in [-0.2, -0.15) is 0 Å². The Bertz CT molecular complexity index is 1690. The number of carbonyl (C=O) groups is 3. The average Bonchev–Trinajstić information content (AvgIpc) is 3.67. The number of nitrogens with one attached hydrogen (secondary N) is 1. The monoisotopic (exact) mass is 603 g/mol. The van der Waals surface area contributed by atoms with E-state index in [4.69, 9.17) is 13.9 Å². The van der Waals surface area contributed by atoms with E-state index in [0.29, 0.717) is 30.0 Å². The van der Waals surface area contributed by atoms with Crippen molar-refractivity contribution >= 4 is 28.7 Å². The highest BCUT2D eigenvalue weighted by Crippen LogP contribution is 2.38. The Hall–Kier alpha value is -4.93. The van der Waals surface area contributed by atoms with Gasteiger partial charge in [0.2, 0.25) is 5.91 Å². The predicted molar refractivity (Wildman–Crippen MR) is 157 cm³/mol. The van der Waals surface area contributed by atoms with Crippen molar-refractivity contribution in [2.24, 2.45) is 5.92 Å². The minimum absolute atomic E-state index is 0.0552. The number of fused-ring (bicyclic) bond motifs is 5. The van der Waals surface area contributed by atoms with Gasteiger partial charge in [0.1, 0.15) is 23.8 Å². The van der Waals surface area contributed by atoms with E-state index < -0.39 is 23.5 Å². The second-order valence-corrected chi connectivity index (χ2v) is 10.9. The zero-order chi connectivity index (χ0) is 30.8. The van der Waals surface area contributed by atoms with Gasteiger partial charge in [0.05, 0.1) is 25.1 Å². The molecular weight excluding hydrogens is 572 g/mol. The summed E-state index contributed by atoms with van der Waals surface area (Å²) in [6.45, 7) is 1.02. The van der Waals surface area contributed by atoms with E-state index in [2.05, 4.69) is 5.32 Å². The van der Waals surface area contributed by atoms with Crippen LogP contribution in [0, 0.1) is 17.6 Å². The summed E-state index contributed by atoms with van der Waals surface area (Å²) in [5.41, 5.74) is 1.02. The first-order valence-electron chi connectivity index (χ1n) is 14.4. The lowest BCUT2D eigenvalue weighted by Crippen LogP contribution is -2.39. The summed E-state index contributed by atoms with van der Waals surface area (Å²) in [7, 11) is 1.50. The highest BCUT2D eigenvalue weighted by Gasteiger charge is 2.41. The van der Waals surface area contributed by atoms with Gasteiger partial charge >= 0.3 is 0 Å². The lowest BCUT2D eigenvalue weighted by atomic mass is 9.88. The van der Waals surface area contributed by atoms with Crippen LogP contribution in [0.5, 0.6) is 11.5 Å². The molecule has 4 aromatic rings. The molecule has 3 amide bonds. The summed E-state index contributed by atoms with van der Waals surface area (Å²) in [5.74, 6) is -2.61. The molecule has 0 aliphatic carbocycles. The minimum Gasteiger partial charge on any atom is -0.493 e. The van der Waals surface area contributed by atoms with Crippen molar-refractivity contribution in [3.63, 3.8) is 0 Å². The zero-order valence-corrected chi connectivity index (χ0v) is 24.1. The fourth-order valence-electron chi connectivity index (χ4n) is 5.88. The summed E-state index contributed by atoms with van der Waals surface area (Å²) >= 11 is 0. The molecule has 0 radical (unpaired) electrons. The van der Waals surface area contributed by atoms with Crippen LogP contribution in [0.1, 0.15) is 38.8 Å². The van der Waals surface area contributed by atoms with Gasteiger partial charge in [-0.1, -0.05) is 24.3 Å². The molecule has 9 nitrogen and oxygen atoms in total. The number of hydrogen-bond acceptors (Lipinski definition) is 6. The number of carbonyl (C=O) groups excluding carboxylic acids is 3. The van der Waals surface area contributed by atoms with Gasteiger partial charge in [-0.25, -0.2) is 8.78 Å². The third kappa shape index (κ3) is 5.82. The van der Waals surface area contributed by atoms with Crippen molar-refractivity contribution in [1.82, 2.24) is 15.1 Å². The first-order chi connectivity index (χ1) is 21.3. The molecule has 2 atom stereocenters. The molecule has 44 heavy (non-hydrogen) atoms. The van der Waals surface area contributed by atoms with Crippen molar-refractivity contribution < 1.29 is 37.1 Å². The van der Waals surface area contributed by atoms with E-state index >= 15 is 0 Å². The van der Waals surface area contributed by atoms with Crippen LogP contribution >= 0.6 is 0 Å². The van der Waals surface area contributed by atoms with Crippen molar-refractivity contribution in [1.29, 1.82) is 0 Å². The Morgan fingerprint density at radius 2 is 1.75 bits per heavy atom. The van der Waals surface area contributed by atoms with Crippen LogP contribution in [0.2, 0.25) is 0 Å². The molecule has 228 valence electrons. The van der Waals surface area contributed by atoms with Crippen LogP contribution in [0.15, 0.2) is 71.1 Å². The number of methoxy groups -OCH3 is 1. The summed E-state index contributed by atoms with van der Waals surface area (Å²) < 4.78 is 45.6. The summed E-state index contributed by atoms with van der Waals surface area (Å²) in [6.07, 6.45) is 0.363. The maximum Gasteiger partial charge on any atom is 0.289 e. The highest BCUT2D eigenvalue weighted by atomic mass is 19.1. The normalized spacial score (nSPS) is 19.1. The van der Waals surface area contributed by atoms with Gasteiger partial charge in [0.15, 0.2) is 17.3 Å². The molecule has 2 aliphatic heterocycles. The van der Waals surface area contributed by atoms with Crippen LogP contribution in [0.4, 0.5) is 8.78 Å². The maximum absolute atomic E-state index is 14.4. The number of ether oxygens (including phenoxy) is 2. The highest BCUT2D eigenvalue weighted by molar-refractivity contribution is 5.97. The van der Waals surface area contributed by atoms with Gasteiger partial charge < -0.3 is 29.0 Å². The molecule has 3 heterocycles. The van der Waals surface area contributed by atoms with E-state index in [1.165, 1.54) is 12.0 Å². The van der Waals surface area contributed by atoms with Crippen molar-refractivity contribution in [3.8, 4) is 11.5 Å². The number of rotatable bonds is 3. The second-order valence-electron chi connectivity index (χ2n) is 10.9. The molecule has 2 aliphatic rings. The van der Waals surface area contributed by atoms with Gasteiger partial charge in [0.25, 0.3) is 11.8 Å². The number of nitrogens with zero attached hydrogens (tertiary/aromatic N) is 2. The van der Waals surface area contributed by atoms with Crippen LogP contribution in [0.25, 0.3) is 11.0 Å². The molecule has 0 unspecified atom stereocenters. The van der Waals surface area contributed by atoms with Gasteiger partial charge in [-0.15, -0.1) is 0 Å². The SMILES string of the molecule is COc1ccc2cc1OCCN(C(=O)c1cc(F)ccc1F)CCCNC(=O)[C@H]1CN(C(=O)c3cc4ccccc4o3)C[C@H]21. The van der Waals surface area contributed by atoms with Crippen LogP contribution in [0.3, 0.4) is 0 Å². The predicted octanol–water partition coefficient (Wildman–Crippen LogP) is 4.62. The number of amides is 3. The lowest BCUT2D eigenvalue weighted by Gasteiger charge is -2.25. The number of para-hydroxylation sites is 1. The van der Waals surface area contributed by atoms with Gasteiger partial charge in [-0.05, 0) is 54.4 Å². The van der Waals surface area contributed by atoms with E-state index in [1.807, 2.05) is 24.3 Å². The first kappa shape index (κ1) is 29.2.